The number of ether oxygens (including phenoxy) is 3. The number of carbonyl (C=O) groups excluding carboxylic acids is 2. The second kappa shape index (κ2) is 15.0. The smallest absolute Gasteiger partial charge is 0.336 e. The van der Waals surface area contributed by atoms with Gasteiger partial charge in [0.1, 0.15) is 6.61 Å². The van der Waals surface area contributed by atoms with Gasteiger partial charge in [-0.3, -0.25) is 0 Å². The van der Waals surface area contributed by atoms with Gasteiger partial charge >= 0.3 is 11.9 Å². The molecule has 3 aromatic carbocycles. The number of hydrogen-bond donors (Lipinski definition) is 1. The van der Waals surface area contributed by atoms with Gasteiger partial charge in [0, 0.05) is 23.7 Å². The summed E-state index contributed by atoms with van der Waals surface area (Å²) in [6.07, 6.45) is 0.608. The molecule has 8 heteroatoms. The first-order chi connectivity index (χ1) is 20.4. The molecule has 4 rings (SSSR count). The normalized spacial score (nSPS) is 14.8. The maximum atomic E-state index is 13.9. The summed E-state index contributed by atoms with van der Waals surface area (Å²) in [5, 5.41) is 12.5. The van der Waals surface area contributed by atoms with Crippen molar-refractivity contribution in [3.05, 3.63) is 129 Å². The summed E-state index contributed by atoms with van der Waals surface area (Å²) < 4.78 is 16.8. The van der Waals surface area contributed by atoms with Crippen molar-refractivity contribution in [1.82, 2.24) is 5.32 Å². The van der Waals surface area contributed by atoms with Gasteiger partial charge in [-0.25, -0.2) is 9.59 Å². The number of benzene rings is 3. The molecular formula is C34H33ClN2O5. The quantitative estimate of drug-likeness (QED) is 0.194. The Hall–Kier alpha value is -4.38. The van der Waals surface area contributed by atoms with E-state index < -0.39 is 17.9 Å². The number of carbonyl (C=O) groups is 2. The zero-order valence-corrected chi connectivity index (χ0v) is 24.4. The molecule has 0 aliphatic carbocycles. The van der Waals surface area contributed by atoms with Gasteiger partial charge < -0.3 is 19.5 Å². The average Bonchev–Trinajstić information content (AvgIpc) is 3.00. The lowest BCUT2D eigenvalue weighted by molar-refractivity contribution is -0.140. The lowest BCUT2D eigenvalue weighted by atomic mass is 9.80. The summed E-state index contributed by atoms with van der Waals surface area (Å²) in [6, 6.07) is 29.2. The minimum atomic E-state index is -0.823. The lowest BCUT2D eigenvalue weighted by Crippen LogP contribution is -2.35. The van der Waals surface area contributed by atoms with Gasteiger partial charge in [0.15, 0.2) is 0 Å². The molecule has 0 saturated carbocycles. The Morgan fingerprint density at radius 2 is 1.52 bits per heavy atom. The zero-order chi connectivity index (χ0) is 29.9. The Kier molecular flexibility index (Phi) is 10.9. The molecule has 0 aromatic heterocycles. The number of halogens is 1. The second-order valence-electron chi connectivity index (χ2n) is 9.82. The Labute approximate surface area is 251 Å². The molecule has 216 valence electrons. The van der Waals surface area contributed by atoms with E-state index in [0.29, 0.717) is 28.4 Å². The van der Waals surface area contributed by atoms with Crippen LogP contribution in [0.3, 0.4) is 0 Å². The number of methoxy groups -OCH3 is 1. The fraction of sp³-hybridized carbons (Fsp3) is 0.265. The molecule has 0 spiro atoms. The highest BCUT2D eigenvalue weighted by atomic mass is 35.5. The van der Waals surface area contributed by atoms with Gasteiger partial charge in [-0.1, -0.05) is 84.4 Å². The van der Waals surface area contributed by atoms with Crippen LogP contribution < -0.4 is 5.32 Å². The first-order valence-corrected chi connectivity index (χ1v) is 14.1. The predicted molar refractivity (Wildman–Crippen MR) is 160 cm³/mol. The molecule has 0 bridgehead atoms. The van der Waals surface area contributed by atoms with Gasteiger partial charge in [-0.15, -0.1) is 0 Å². The van der Waals surface area contributed by atoms with Gasteiger partial charge in [0.25, 0.3) is 0 Å². The van der Waals surface area contributed by atoms with Crippen LogP contribution >= 0.6 is 11.6 Å². The Balaban J connectivity index is 1.65. The molecule has 0 amide bonds. The highest BCUT2D eigenvalue weighted by Crippen LogP contribution is 2.40. The molecule has 0 saturated heterocycles. The molecule has 1 aliphatic heterocycles. The largest absolute Gasteiger partial charge is 0.462 e. The number of nitrogens with one attached hydrogen (secondary N) is 1. The molecule has 1 N–H and O–H groups in total. The van der Waals surface area contributed by atoms with Crippen LogP contribution in [0, 0.1) is 11.3 Å². The first kappa shape index (κ1) is 30.6. The number of nitriles is 1. The first-order valence-electron chi connectivity index (χ1n) is 13.7. The van der Waals surface area contributed by atoms with E-state index in [4.69, 9.17) is 31.1 Å². The van der Waals surface area contributed by atoms with Crippen molar-refractivity contribution >= 4 is 23.5 Å². The predicted octanol–water partition coefficient (Wildman–Crippen LogP) is 6.42. The second-order valence-corrected chi connectivity index (χ2v) is 10.3. The van der Waals surface area contributed by atoms with Crippen LogP contribution in [0.5, 0.6) is 0 Å². The maximum absolute atomic E-state index is 13.9. The summed E-state index contributed by atoms with van der Waals surface area (Å²) >= 11 is 6.35. The molecule has 3 aromatic rings. The van der Waals surface area contributed by atoms with Crippen LogP contribution in [-0.4, -0.2) is 38.9 Å². The number of hydrogen-bond acceptors (Lipinski definition) is 7. The monoisotopic (exact) mass is 584 g/mol. The van der Waals surface area contributed by atoms with Crippen LogP contribution in [-0.2, 0) is 23.8 Å². The minimum absolute atomic E-state index is 0.0219. The average molecular weight is 585 g/mol. The molecule has 1 atom stereocenters. The molecule has 1 heterocycles. The van der Waals surface area contributed by atoms with Gasteiger partial charge in [0.05, 0.1) is 48.5 Å². The lowest BCUT2D eigenvalue weighted by Gasteiger charge is -2.31. The van der Waals surface area contributed by atoms with Crippen LogP contribution in [0.25, 0.3) is 0 Å². The van der Waals surface area contributed by atoms with Crippen molar-refractivity contribution in [3.63, 3.8) is 0 Å². The third-order valence-electron chi connectivity index (χ3n) is 7.05. The minimum Gasteiger partial charge on any atom is -0.462 e. The van der Waals surface area contributed by atoms with Crippen LogP contribution in [0.15, 0.2) is 107 Å². The van der Waals surface area contributed by atoms with E-state index in [9.17, 15) is 9.59 Å². The van der Waals surface area contributed by atoms with Gasteiger partial charge in [-0.05, 0) is 42.2 Å². The molecular weight excluding hydrogens is 552 g/mol. The number of esters is 2. The molecule has 1 aliphatic rings. The van der Waals surface area contributed by atoms with Crippen molar-refractivity contribution < 1.29 is 23.8 Å². The fourth-order valence-electron chi connectivity index (χ4n) is 5.20. The topological polar surface area (TPSA) is 97.7 Å². The number of rotatable bonds is 12. The number of allylic oxidation sites excluding steroid dienone is 1. The molecule has 0 fully saturated rings. The highest BCUT2D eigenvalue weighted by Gasteiger charge is 2.39. The molecule has 1 unspecified atom stereocenters. The highest BCUT2D eigenvalue weighted by molar-refractivity contribution is 6.30. The Morgan fingerprint density at radius 3 is 2.12 bits per heavy atom. The van der Waals surface area contributed by atoms with Gasteiger partial charge in [0.2, 0.25) is 0 Å². The van der Waals surface area contributed by atoms with E-state index in [0.717, 1.165) is 11.1 Å². The standard InChI is InChI=1S/C34H33ClN2O5/c1-23-30(33(38)41-19-10-18-36)31(26-15-9-16-27(35)21-26)32(29(37-23)22-40-2)34(39)42-20-17-28(24-11-5-3-6-12-24)25-13-7-4-8-14-25/h3-9,11-16,21,28,31,37H,10,17,19-20,22H2,1-2H3. The summed E-state index contributed by atoms with van der Waals surface area (Å²) in [7, 11) is 1.53. The van der Waals surface area contributed by atoms with E-state index in [1.807, 2.05) is 42.5 Å². The van der Waals surface area contributed by atoms with E-state index >= 15 is 0 Å². The van der Waals surface area contributed by atoms with Gasteiger partial charge in [-0.2, -0.15) is 5.26 Å². The van der Waals surface area contributed by atoms with Crippen LogP contribution in [0.2, 0.25) is 5.02 Å². The third-order valence-corrected chi connectivity index (χ3v) is 7.28. The summed E-state index contributed by atoms with van der Waals surface area (Å²) in [6.45, 7) is 1.90. The summed E-state index contributed by atoms with van der Waals surface area (Å²) in [5.41, 5.74) is 4.36. The van der Waals surface area contributed by atoms with E-state index in [2.05, 4.69) is 29.6 Å². The van der Waals surface area contributed by atoms with Crippen molar-refractivity contribution in [1.29, 1.82) is 5.26 Å². The van der Waals surface area contributed by atoms with E-state index in [1.54, 1.807) is 31.2 Å². The van der Waals surface area contributed by atoms with Crippen molar-refractivity contribution in [2.45, 2.75) is 31.6 Å². The molecule has 0 radical (unpaired) electrons. The molecule has 42 heavy (non-hydrogen) atoms. The van der Waals surface area contributed by atoms with Crippen molar-refractivity contribution in [3.8, 4) is 6.07 Å². The Morgan fingerprint density at radius 1 is 0.905 bits per heavy atom. The molecule has 7 nitrogen and oxygen atoms in total. The fourth-order valence-corrected chi connectivity index (χ4v) is 5.40. The van der Waals surface area contributed by atoms with Crippen molar-refractivity contribution in [2.75, 3.05) is 26.9 Å². The SMILES string of the molecule is COCC1=C(C(=O)OCCC(c2ccccc2)c2ccccc2)C(c2cccc(Cl)c2)C(C(=O)OCCC#N)=C(C)N1. The third kappa shape index (κ3) is 7.47. The summed E-state index contributed by atoms with van der Waals surface area (Å²) in [5.74, 6) is -2.01. The summed E-state index contributed by atoms with van der Waals surface area (Å²) in [4.78, 5) is 27.2. The van der Waals surface area contributed by atoms with E-state index in [-0.39, 0.29) is 43.3 Å². The Bertz CT molecular complexity index is 1460. The van der Waals surface area contributed by atoms with Crippen LogP contribution in [0.1, 0.15) is 48.3 Å². The number of dihydropyridines is 1. The van der Waals surface area contributed by atoms with Crippen LogP contribution in [0.4, 0.5) is 0 Å². The van der Waals surface area contributed by atoms with Crippen molar-refractivity contribution in [2.24, 2.45) is 0 Å². The van der Waals surface area contributed by atoms with E-state index in [1.165, 1.54) is 7.11 Å². The zero-order valence-electron chi connectivity index (χ0n) is 23.6. The maximum Gasteiger partial charge on any atom is 0.336 e. The number of nitrogens with zero attached hydrogens (tertiary/aromatic N) is 1.